The van der Waals surface area contributed by atoms with Gasteiger partial charge in [-0.1, -0.05) is 29.8 Å². The van der Waals surface area contributed by atoms with E-state index in [-0.39, 0.29) is 18.2 Å². The number of ether oxygens (including phenoxy) is 1. The molecule has 0 saturated carbocycles. The first-order valence-electron chi connectivity index (χ1n) is 8.84. The quantitative estimate of drug-likeness (QED) is 0.778. The zero-order chi connectivity index (χ0) is 20.3. The van der Waals surface area contributed by atoms with Crippen molar-refractivity contribution < 1.29 is 14.3 Å². The van der Waals surface area contributed by atoms with Crippen LogP contribution in [0.15, 0.2) is 53.6 Å². The van der Waals surface area contributed by atoms with Crippen molar-refractivity contribution in [1.29, 1.82) is 0 Å². The van der Waals surface area contributed by atoms with Crippen LogP contribution in [0.4, 0.5) is 11.4 Å². The molecule has 1 aliphatic rings. The van der Waals surface area contributed by atoms with Gasteiger partial charge in [-0.05, 0) is 44.2 Å². The topological polar surface area (TPSA) is 97.0 Å². The average Bonchev–Trinajstić information content (AvgIpc) is 3.10. The fourth-order valence-electron chi connectivity index (χ4n) is 2.82. The number of rotatable bonds is 6. The Bertz CT molecular complexity index is 915. The molecule has 0 aliphatic carbocycles. The molecule has 2 aromatic carbocycles. The van der Waals surface area contributed by atoms with E-state index in [2.05, 4.69) is 10.4 Å². The van der Waals surface area contributed by atoms with E-state index >= 15 is 0 Å². The third-order valence-electron chi connectivity index (χ3n) is 4.07. The number of carbonyl (C=O) groups is 2. The fourth-order valence-corrected chi connectivity index (χ4v) is 3.04. The number of anilines is 2. The second-order valence-electron chi connectivity index (χ2n) is 6.62. The predicted octanol–water partition coefficient (Wildman–Crippen LogP) is 3.19. The highest BCUT2D eigenvalue weighted by molar-refractivity contribution is 6.44. The van der Waals surface area contributed by atoms with Crippen LogP contribution in [0.1, 0.15) is 20.3 Å². The Morgan fingerprint density at radius 2 is 1.96 bits per heavy atom. The number of primary amides is 1. The molecule has 0 radical (unpaired) electrons. The Morgan fingerprint density at radius 3 is 2.57 bits per heavy atom. The molecule has 1 aliphatic heterocycles. The summed E-state index contributed by atoms with van der Waals surface area (Å²) in [5.74, 6) is -0.427. The van der Waals surface area contributed by atoms with Crippen molar-refractivity contribution in [2.45, 2.75) is 32.4 Å². The van der Waals surface area contributed by atoms with Gasteiger partial charge in [0.1, 0.15) is 17.5 Å². The average molecular weight is 401 g/mol. The summed E-state index contributed by atoms with van der Waals surface area (Å²) in [4.78, 5) is 24.5. The van der Waals surface area contributed by atoms with Crippen molar-refractivity contribution in [3.63, 3.8) is 0 Å². The standard InChI is InChI=1S/C20H21ClN4O3/c1-12(2)28-18-9-8-13(10-15(18)21)23-20(27)16-11-17(19(22)26)25(24-16)14-6-4-3-5-7-14/h3-10,12,17H,11H2,1-2H3,(H2,22,26)(H,23,27). The van der Waals surface area contributed by atoms with E-state index in [0.29, 0.717) is 22.1 Å². The first-order chi connectivity index (χ1) is 13.3. The maximum atomic E-state index is 12.6. The van der Waals surface area contributed by atoms with Crippen LogP contribution in [0.3, 0.4) is 0 Å². The smallest absolute Gasteiger partial charge is 0.271 e. The van der Waals surface area contributed by atoms with Crippen LogP contribution in [-0.4, -0.2) is 29.7 Å². The van der Waals surface area contributed by atoms with Crippen molar-refractivity contribution >= 4 is 40.5 Å². The number of para-hydroxylation sites is 1. The summed E-state index contributed by atoms with van der Waals surface area (Å²) in [6, 6.07) is 13.4. The van der Waals surface area contributed by atoms with Gasteiger partial charge in [0, 0.05) is 12.1 Å². The molecule has 2 aromatic rings. The SMILES string of the molecule is CC(C)Oc1ccc(NC(=O)C2=NN(c3ccccc3)C(C(N)=O)C2)cc1Cl. The Balaban J connectivity index is 1.77. The summed E-state index contributed by atoms with van der Waals surface area (Å²) < 4.78 is 5.58. The molecule has 1 heterocycles. The molecule has 28 heavy (non-hydrogen) atoms. The largest absolute Gasteiger partial charge is 0.489 e. The van der Waals surface area contributed by atoms with Gasteiger partial charge in [0.2, 0.25) is 5.91 Å². The summed E-state index contributed by atoms with van der Waals surface area (Å²) in [5, 5.41) is 8.93. The number of carbonyl (C=O) groups excluding carboxylic acids is 2. The van der Waals surface area contributed by atoms with Crippen molar-refractivity contribution in [1.82, 2.24) is 0 Å². The summed E-state index contributed by atoms with van der Waals surface area (Å²) in [7, 11) is 0. The van der Waals surface area contributed by atoms with Gasteiger partial charge < -0.3 is 15.8 Å². The highest BCUT2D eigenvalue weighted by Gasteiger charge is 2.35. The monoisotopic (exact) mass is 400 g/mol. The normalized spacial score (nSPS) is 16.1. The molecule has 0 spiro atoms. The highest BCUT2D eigenvalue weighted by Crippen LogP contribution is 2.29. The highest BCUT2D eigenvalue weighted by atomic mass is 35.5. The zero-order valence-corrected chi connectivity index (χ0v) is 16.3. The van der Waals surface area contributed by atoms with Gasteiger partial charge in [-0.2, -0.15) is 5.10 Å². The van der Waals surface area contributed by atoms with Crippen LogP contribution in [-0.2, 0) is 9.59 Å². The van der Waals surface area contributed by atoms with Gasteiger partial charge >= 0.3 is 0 Å². The third-order valence-corrected chi connectivity index (χ3v) is 4.37. The zero-order valence-electron chi connectivity index (χ0n) is 15.6. The summed E-state index contributed by atoms with van der Waals surface area (Å²) in [6.07, 6.45) is 0.110. The molecule has 0 fully saturated rings. The number of hydrogen-bond donors (Lipinski definition) is 2. The first-order valence-corrected chi connectivity index (χ1v) is 9.21. The van der Waals surface area contributed by atoms with E-state index in [4.69, 9.17) is 22.1 Å². The van der Waals surface area contributed by atoms with E-state index in [1.165, 1.54) is 5.01 Å². The Labute approximate surface area is 168 Å². The molecule has 146 valence electrons. The molecular weight excluding hydrogens is 380 g/mol. The van der Waals surface area contributed by atoms with Gasteiger partial charge in [0.25, 0.3) is 5.91 Å². The van der Waals surface area contributed by atoms with E-state index in [1.54, 1.807) is 30.3 Å². The molecule has 1 unspecified atom stereocenters. The third kappa shape index (κ3) is 4.43. The second-order valence-corrected chi connectivity index (χ2v) is 7.02. The molecule has 0 saturated heterocycles. The van der Waals surface area contributed by atoms with Crippen LogP contribution in [0.25, 0.3) is 0 Å². The van der Waals surface area contributed by atoms with Crippen LogP contribution in [0.5, 0.6) is 5.75 Å². The van der Waals surface area contributed by atoms with Crippen molar-refractivity contribution in [3.8, 4) is 5.75 Å². The Kier molecular flexibility index (Phi) is 5.84. The number of hydrogen-bond acceptors (Lipinski definition) is 5. The molecular formula is C20H21ClN4O3. The van der Waals surface area contributed by atoms with Crippen molar-refractivity contribution in [2.75, 3.05) is 10.3 Å². The lowest BCUT2D eigenvalue weighted by molar-refractivity contribution is -0.119. The summed E-state index contributed by atoms with van der Waals surface area (Å²) in [6.45, 7) is 3.80. The molecule has 3 rings (SSSR count). The van der Waals surface area contributed by atoms with E-state index in [1.807, 2.05) is 32.0 Å². The number of nitrogens with one attached hydrogen (secondary N) is 1. The number of nitrogens with zero attached hydrogens (tertiary/aromatic N) is 2. The molecule has 7 nitrogen and oxygen atoms in total. The number of amides is 2. The molecule has 2 amide bonds. The first kappa shape index (κ1) is 19.7. The van der Waals surface area contributed by atoms with Crippen molar-refractivity contribution in [3.05, 3.63) is 53.6 Å². The maximum absolute atomic E-state index is 12.6. The molecule has 0 bridgehead atoms. The Morgan fingerprint density at radius 1 is 1.25 bits per heavy atom. The minimum atomic E-state index is -0.714. The fraction of sp³-hybridized carbons (Fsp3) is 0.250. The summed E-state index contributed by atoms with van der Waals surface area (Å²) >= 11 is 6.21. The number of nitrogens with two attached hydrogens (primary N) is 1. The molecule has 1 atom stereocenters. The van der Waals surface area contributed by atoms with Crippen LogP contribution >= 0.6 is 11.6 Å². The minimum Gasteiger partial charge on any atom is -0.489 e. The molecule has 8 heteroatoms. The summed E-state index contributed by atoms with van der Waals surface area (Å²) in [5.41, 5.74) is 6.90. The lowest BCUT2D eigenvalue weighted by Crippen LogP contribution is -2.39. The van der Waals surface area contributed by atoms with Gasteiger partial charge in [0.05, 0.1) is 16.8 Å². The second kappa shape index (κ2) is 8.31. The van der Waals surface area contributed by atoms with Crippen LogP contribution < -0.4 is 20.8 Å². The van der Waals surface area contributed by atoms with Crippen molar-refractivity contribution in [2.24, 2.45) is 10.8 Å². The Hall–Kier alpha value is -3.06. The van der Waals surface area contributed by atoms with Gasteiger partial charge in [-0.25, -0.2) is 0 Å². The number of hydrazone groups is 1. The lowest BCUT2D eigenvalue weighted by atomic mass is 10.1. The molecule has 3 N–H and O–H groups in total. The van der Waals surface area contributed by atoms with E-state index in [9.17, 15) is 9.59 Å². The minimum absolute atomic E-state index is 0.0134. The van der Waals surface area contributed by atoms with Gasteiger partial charge in [-0.3, -0.25) is 14.6 Å². The van der Waals surface area contributed by atoms with Crippen LogP contribution in [0, 0.1) is 0 Å². The lowest BCUT2D eigenvalue weighted by Gasteiger charge is -2.20. The number of halogens is 1. The van der Waals surface area contributed by atoms with Gasteiger partial charge in [0.15, 0.2) is 0 Å². The molecule has 0 aromatic heterocycles. The van der Waals surface area contributed by atoms with Gasteiger partial charge in [-0.15, -0.1) is 0 Å². The number of benzene rings is 2. The van der Waals surface area contributed by atoms with Crippen LogP contribution in [0.2, 0.25) is 5.02 Å². The van der Waals surface area contributed by atoms with E-state index in [0.717, 1.165) is 0 Å². The van der Waals surface area contributed by atoms with E-state index < -0.39 is 17.9 Å². The predicted molar refractivity (Wildman–Crippen MR) is 110 cm³/mol. The maximum Gasteiger partial charge on any atom is 0.271 e.